The maximum absolute atomic E-state index is 12.8. The third-order valence-electron chi connectivity index (χ3n) is 5.79. The summed E-state index contributed by atoms with van der Waals surface area (Å²) in [5.74, 6) is -0.211. The molecule has 2 saturated heterocycles. The lowest BCUT2D eigenvalue weighted by Gasteiger charge is -2.36. The molecule has 10 heteroatoms. The zero-order chi connectivity index (χ0) is 22.0. The number of hydrogen-bond acceptors (Lipinski definition) is 5. The van der Waals surface area contributed by atoms with Gasteiger partial charge >= 0.3 is 0 Å². The molecular formula is C21H25ClN4O4S. The molecule has 0 radical (unpaired) electrons. The van der Waals surface area contributed by atoms with Gasteiger partial charge in [0, 0.05) is 51.5 Å². The van der Waals surface area contributed by atoms with E-state index >= 15 is 0 Å². The van der Waals surface area contributed by atoms with E-state index in [-0.39, 0.29) is 17.3 Å². The Morgan fingerprint density at radius 1 is 0.935 bits per heavy atom. The molecule has 166 valence electrons. The SMILES string of the molecule is O=C(Cn1cc(S(=O)(=O)N2CCCC2)ccc1=O)N1CCN(c2ccccc2Cl)CC1. The van der Waals surface area contributed by atoms with Gasteiger partial charge in [-0.1, -0.05) is 23.7 Å². The number of halogens is 1. The molecule has 4 rings (SSSR count). The molecule has 0 spiro atoms. The largest absolute Gasteiger partial charge is 0.367 e. The smallest absolute Gasteiger partial charge is 0.251 e. The zero-order valence-corrected chi connectivity index (χ0v) is 18.7. The second-order valence-corrected chi connectivity index (χ2v) is 10.1. The quantitative estimate of drug-likeness (QED) is 0.671. The van der Waals surface area contributed by atoms with Gasteiger partial charge in [0.25, 0.3) is 5.56 Å². The highest BCUT2D eigenvalue weighted by Gasteiger charge is 2.28. The Kier molecular flexibility index (Phi) is 6.36. The van der Waals surface area contributed by atoms with Crippen molar-refractivity contribution in [3.63, 3.8) is 0 Å². The van der Waals surface area contributed by atoms with Crippen LogP contribution in [0, 0.1) is 0 Å². The molecule has 2 aliphatic heterocycles. The number of para-hydroxylation sites is 1. The second kappa shape index (κ2) is 9.02. The van der Waals surface area contributed by atoms with E-state index in [9.17, 15) is 18.0 Å². The van der Waals surface area contributed by atoms with Crippen molar-refractivity contribution in [3.05, 3.63) is 58.0 Å². The van der Waals surface area contributed by atoms with Gasteiger partial charge in [0.1, 0.15) is 6.54 Å². The summed E-state index contributed by atoms with van der Waals surface area (Å²) in [6.07, 6.45) is 2.95. The number of carbonyl (C=O) groups is 1. The molecule has 0 N–H and O–H groups in total. The first-order chi connectivity index (χ1) is 14.9. The maximum atomic E-state index is 12.8. The molecular weight excluding hydrogens is 440 g/mol. The molecule has 2 aliphatic rings. The van der Waals surface area contributed by atoms with Gasteiger partial charge in [-0.15, -0.1) is 0 Å². The van der Waals surface area contributed by atoms with Crippen LogP contribution in [0.2, 0.25) is 5.02 Å². The van der Waals surface area contributed by atoms with E-state index < -0.39 is 15.6 Å². The molecule has 2 fully saturated rings. The number of sulfonamides is 1. The Hall–Kier alpha value is -2.36. The lowest BCUT2D eigenvalue weighted by Crippen LogP contribution is -2.50. The Morgan fingerprint density at radius 2 is 1.61 bits per heavy atom. The molecule has 0 atom stereocenters. The summed E-state index contributed by atoms with van der Waals surface area (Å²) in [6.45, 7) is 3.05. The van der Waals surface area contributed by atoms with Crippen LogP contribution in [0.25, 0.3) is 0 Å². The number of pyridine rings is 1. The topological polar surface area (TPSA) is 82.9 Å². The van der Waals surface area contributed by atoms with E-state index in [2.05, 4.69) is 4.90 Å². The summed E-state index contributed by atoms with van der Waals surface area (Å²) in [5, 5.41) is 0.671. The summed E-state index contributed by atoms with van der Waals surface area (Å²) >= 11 is 6.27. The summed E-state index contributed by atoms with van der Waals surface area (Å²) in [6, 6.07) is 10.1. The lowest BCUT2D eigenvalue weighted by atomic mass is 10.2. The van der Waals surface area contributed by atoms with Gasteiger partial charge in [0.05, 0.1) is 15.6 Å². The van der Waals surface area contributed by atoms with Crippen LogP contribution in [-0.2, 0) is 21.4 Å². The zero-order valence-electron chi connectivity index (χ0n) is 17.1. The minimum absolute atomic E-state index is 0.0466. The van der Waals surface area contributed by atoms with Crippen LogP contribution < -0.4 is 10.5 Å². The van der Waals surface area contributed by atoms with E-state index in [4.69, 9.17) is 11.6 Å². The normalized spacial score (nSPS) is 17.8. The standard InChI is InChI=1S/C21H25ClN4O4S/c22-18-5-1-2-6-19(18)23-11-13-24(14-12-23)21(28)16-25-15-17(7-8-20(25)27)31(29,30)26-9-3-4-10-26/h1-2,5-8,15H,3-4,9-14,16H2. The minimum atomic E-state index is -3.65. The molecule has 31 heavy (non-hydrogen) atoms. The molecule has 0 unspecified atom stereocenters. The number of piperazine rings is 1. The number of rotatable bonds is 5. The fourth-order valence-corrected chi connectivity index (χ4v) is 5.81. The van der Waals surface area contributed by atoms with Gasteiger partial charge in [-0.05, 0) is 31.0 Å². The van der Waals surface area contributed by atoms with E-state index in [0.717, 1.165) is 18.5 Å². The van der Waals surface area contributed by atoms with Crippen molar-refractivity contribution >= 4 is 33.2 Å². The monoisotopic (exact) mass is 464 g/mol. The predicted octanol–water partition coefficient (Wildman–Crippen LogP) is 1.64. The molecule has 1 aromatic carbocycles. The number of hydrogen-bond donors (Lipinski definition) is 0. The van der Waals surface area contributed by atoms with Crippen molar-refractivity contribution in [2.45, 2.75) is 24.3 Å². The van der Waals surface area contributed by atoms with Crippen LogP contribution in [0.5, 0.6) is 0 Å². The van der Waals surface area contributed by atoms with Crippen LogP contribution in [0.3, 0.4) is 0 Å². The lowest BCUT2D eigenvalue weighted by molar-refractivity contribution is -0.132. The summed E-state index contributed by atoms with van der Waals surface area (Å²) in [4.78, 5) is 29.0. The number of carbonyl (C=O) groups excluding carboxylic acids is 1. The van der Waals surface area contributed by atoms with E-state index in [1.807, 2.05) is 24.3 Å². The fourth-order valence-electron chi connectivity index (χ4n) is 4.01. The maximum Gasteiger partial charge on any atom is 0.251 e. The number of anilines is 1. The summed E-state index contributed by atoms with van der Waals surface area (Å²) < 4.78 is 28.2. The van der Waals surface area contributed by atoms with Gasteiger partial charge in [0.15, 0.2) is 0 Å². The third-order valence-corrected chi connectivity index (χ3v) is 7.99. The highest BCUT2D eigenvalue weighted by Crippen LogP contribution is 2.26. The first kappa shape index (κ1) is 21.9. The highest BCUT2D eigenvalue weighted by atomic mass is 35.5. The van der Waals surface area contributed by atoms with Crippen LogP contribution in [0.1, 0.15) is 12.8 Å². The van der Waals surface area contributed by atoms with Crippen molar-refractivity contribution in [1.29, 1.82) is 0 Å². The van der Waals surface area contributed by atoms with Crippen molar-refractivity contribution < 1.29 is 13.2 Å². The highest BCUT2D eigenvalue weighted by molar-refractivity contribution is 7.89. The molecule has 1 aromatic heterocycles. The average molecular weight is 465 g/mol. The number of amides is 1. The number of aromatic nitrogens is 1. The first-order valence-corrected chi connectivity index (χ1v) is 12.2. The van der Waals surface area contributed by atoms with Gasteiger partial charge < -0.3 is 14.4 Å². The average Bonchev–Trinajstić information content (AvgIpc) is 3.31. The van der Waals surface area contributed by atoms with Crippen molar-refractivity contribution in [1.82, 2.24) is 13.8 Å². The molecule has 0 aliphatic carbocycles. The van der Waals surface area contributed by atoms with Gasteiger partial charge in [-0.3, -0.25) is 9.59 Å². The third kappa shape index (κ3) is 4.63. The Labute approximate surface area is 186 Å². The van der Waals surface area contributed by atoms with Crippen molar-refractivity contribution in [3.8, 4) is 0 Å². The van der Waals surface area contributed by atoms with Gasteiger partial charge in [-0.25, -0.2) is 8.42 Å². The summed E-state index contributed by atoms with van der Waals surface area (Å²) in [5.41, 5.74) is 0.538. The molecule has 3 heterocycles. The Balaban J connectivity index is 1.43. The number of nitrogens with zero attached hydrogens (tertiary/aromatic N) is 4. The van der Waals surface area contributed by atoms with Gasteiger partial charge in [0.2, 0.25) is 15.9 Å². The first-order valence-electron chi connectivity index (χ1n) is 10.3. The van der Waals surface area contributed by atoms with Gasteiger partial charge in [-0.2, -0.15) is 4.31 Å². The minimum Gasteiger partial charge on any atom is -0.367 e. The Morgan fingerprint density at radius 3 is 2.29 bits per heavy atom. The summed E-state index contributed by atoms with van der Waals surface area (Å²) in [7, 11) is -3.65. The van der Waals surface area contributed by atoms with Crippen LogP contribution in [0.4, 0.5) is 5.69 Å². The van der Waals surface area contributed by atoms with Crippen LogP contribution in [0.15, 0.2) is 52.3 Å². The van der Waals surface area contributed by atoms with E-state index in [0.29, 0.717) is 44.3 Å². The van der Waals surface area contributed by atoms with E-state index in [1.165, 1.54) is 27.2 Å². The Bertz CT molecular complexity index is 1120. The molecule has 8 nitrogen and oxygen atoms in total. The van der Waals surface area contributed by atoms with Crippen LogP contribution in [-0.4, -0.2) is 67.4 Å². The van der Waals surface area contributed by atoms with Crippen LogP contribution >= 0.6 is 11.6 Å². The predicted molar refractivity (Wildman–Crippen MR) is 119 cm³/mol. The van der Waals surface area contributed by atoms with E-state index in [1.54, 1.807) is 4.90 Å². The molecule has 2 aromatic rings. The second-order valence-electron chi connectivity index (χ2n) is 7.76. The fraction of sp³-hybridized carbons (Fsp3) is 0.429. The molecule has 0 saturated carbocycles. The molecule has 1 amide bonds. The number of benzene rings is 1. The van der Waals surface area contributed by atoms with Crippen molar-refractivity contribution in [2.75, 3.05) is 44.2 Å². The van der Waals surface area contributed by atoms with Crippen molar-refractivity contribution in [2.24, 2.45) is 0 Å². The molecule has 0 bridgehead atoms.